The molecule has 0 bridgehead atoms. The molecule has 37 heavy (non-hydrogen) atoms. The molecule has 1 unspecified atom stereocenters. The molecule has 0 saturated carbocycles. The molecule has 1 fully saturated rings. The number of rotatable bonds is 4. The Morgan fingerprint density at radius 2 is 1.76 bits per heavy atom. The third-order valence-electron chi connectivity index (χ3n) is 6.94. The average Bonchev–Trinajstić information content (AvgIpc) is 3.22. The predicted octanol–water partition coefficient (Wildman–Crippen LogP) is 2.24. The van der Waals surface area contributed by atoms with Crippen LogP contribution < -0.4 is 10.2 Å². The lowest BCUT2D eigenvalue weighted by molar-refractivity contribution is -0.138. The van der Waals surface area contributed by atoms with Crippen LogP contribution in [0.5, 0.6) is 0 Å². The Kier molecular flexibility index (Phi) is 6.26. The Balaban J connectivity index is 1.32. The first-order valence-electron chi connectivity index (χ1n) is 11.8. The third-order valence-corrected chi connectivity index (χ3v) is 6.94. The standard InChI is InChI=1S/C25H25F3N6O3/c1-31-18-14-34(15-20(35)33-12-10-32(11-13-33)19-8-4-5-9-29-19)23(36)21(18)22(30-24(31)37)16-6-2-3-7-17(16)25(26,27)28/h2-9,22H,10-15H2,1H3,(H,30,37). The summed E-state index contributed by atoms with van der Waals surface area (Å²) in [6, 6.07) is 8.60. The lowest BCUT2D eigenvalue weighted by Gasteiger charge is -2.36. The number of amides is 4. The molecule has 0 radical (unpaired) electrons. The Bertz CT molecular complexity index is 1260. The smallest absolute Gasteiger partial charge is 0.353 e. The number of urea groups is 1. The van der Waals surface area contributed by atoms with Crippen LogP contribution in [0.15, 0.2) is 59.9 Å². The molecule has 0 spiro atoms. The van der Waals surface area contributed by atoms with E-state index in [-0.39, 0.29) is 30.1 Å². The highest BCUT2D eigenvalue weighted by atomic mass is 19.4. The summed E-state index contributed by atoms with van der Waals surface area (Å²) in [6.07, 6.45) is -2.96. The van der Waals surface area contributed by atoms with Crippen LogP contribution in [0.4, 0.5) is 23.8 Å². The lowest BCUT2D eigenvalue weighted by atomic mass is 9.92. The van der Waals surface area contributed by atoms with Crippen LogP contribution >= 0.6 is 0 Å². The highest BCUT2D eigenvalue weighted by Crippen LogP contribution is 2.41. The number of nitrogens with zero attached hydrogens (tertiary/aromatic N) is 5. The van der Waals surface area contributed by atoms with Crippen molar-refractivity contribution in [1.29, 1.82) is 0 Å². The topological polar surface area (TPSA) is 89.1 Å². The molecule has 9 nitrogen and oxygen atoms in total. The summed E-state index contributed by atoms with van der Waals surface area (Å²) in [5.41, 5.74) is -0.795. The number of pyridine rings is 1. The van der Waals surface area contributed by atoms with Gasteiger partial charge in [-0.15, -0.1) is 0 Å². The van der Waals surface area contributed by atoms with Crippen LogP contribution in [0.3, 0.4) is 0 Å². The number of hydrogen-bond donors (Lipinski definition) is 1. The van der Waals surface area contributed by atoms with Crippen LogP contribution in [-0.4, -0.2) is 83.8 Å². The Labute approximate surface area is 211 Å². The van der Waals surface area contributed by atoms with Gasteiger partial charge in [0.1, 0.15) is 12.4 Å². The number of nitrogens with one attached hydrogen (secondary N) is 1. The van der Waals surface area contributed by atoms with Crippen molar-refractivity contribution in [3.05, 3.63) is 71.1 Å². The van der Waals surface area contributed by atoms with Gasteiger partial charge in [0.25, 0.3) is 5.91 Å². The van der Waals surface area contributed by atoms with Gasteiger partial charge in [0, 0.05) is 39.4 Å². The van der Waals surface area contributed by atoms with E-state index in [1.807, 2.05) is 18.2 Å². The van der Waals surface area contributed by atoms with Crippen molar-refractivity contribution in [2.75, 3.05) is 51.2 Å². The summed E-state index contributed by atoms with van der Waals surface area (Å²) < 4.78 is 41.1. The van der Waals surface area contributed by atoms with Gasteiger partial charge in [-0.3, -0.25) is 14.5 Å². The van der Waals surface area contributed by atoms with Crippen molar-refractivity contribution in [2.24, 2.45) is 0 Å². The second-order valence-electron chi connectivity index (χ2n) is 9.10. The second-order valence-corrected chi connectivity index (χ2v) is 9.10. The maximum Gasteiger partial charge on any atom is 0.416 e. The van der Waals surface area contributed by atoms with E-state index < -0.39 is 29.7 Å². The fraction of sp³-hybridized carbons (Fsp3) is 0.360. The molecular formula is C25H25F3N6O3. The molecule has 3 aliphatic rings. The summed E-state index contributed by atoms with van der Waals surface area (Å²) in [6.45, 7) is 1.80. The van der Waals surface area contributed by atoms with Crippen LogP contribution in [0.1, 0.15) is 17.2 Å². The summed E-state index contributed by atoms with van der Waals surface area (Å²) >= 11 is 0. The molecule has 1 aromatic heterocycles. The number of anilines is 1. The van der Waals surface area contributed by atoms with Gasteiger partial charge in [0.2, 0.25) is 5.91 Å². The van der Waals surface area contributed by atoms with Crippen LogP contribution in [0.25, 0.3) is 0 Å². The zero-order valence-electron chi connectivity index (χ0n) is 20.0. The van der Waals surface area contributed by atoms with Crippen molar-refractivity contribution >= 4 is 23.7 Å². The first-order chi connectivity index (χ1) is 17.6. The van der Waals surface area contributed by atoms with Gasteiger partial charge < -0.3 is 20.0 Å². The Morgan fingerprint density at radius 1 is 1.05 bits per heavy atom. The number of aromatic nitrogens is 1. The number of hydrogen-bond acceptors (Lipinski definition) is 5. The quantitative estimate of drug-likeness (QED) is 0.676. The van der Waals surface area contributed by atoms with Crippen molar-refractivity contribution < 1.29 is 27.6 Å². The van der Waals surface area contributed by atoms with Crippen LogP contribution in [-0.2, 0) is 15.8 Å². The zero-order valence-corrected chi connectivity index (χ0v) is 20.0. The molecule has 5 rings (SSSR count). The van der Waals surface area contributed by atoms with Gasteiger partial charge in [0.05, 0.1) is 29.4 Å². The summed E-state index contributed by atoms with van der Waals surface area (Å²) in [5, 5.41) is 2.53. The maximum absolute atomic E-state index is 13.7. The molecule has 4 amide bonds. The van der Waals surface area contributed by atoms with Gasteiger partial charge in [-0.2, -0.15) is 13.2 Å². The van der Waals surface area contributed by atoms with Crippen molar-refractivity contribution in [3.8, 4) is 0 Å². The summed E-state index contributed by atoms with van der Waals surface area (Å²) in [7, 11) is 1.45. The number of alkyl halides is 3. The van der Waals surface area contributed by atoms with Crippen molar-refractivity contribution in [3.63, 3.8) is 0 Å². The minimum absolute atomic E-state index is 0.0393. The predicted molar refractivity (Wildman–Crippen MR) is 127 cm³/mol. The lowest BCUT2D eigenvalue weighted by Crippen LogP contribution is -2.51. The van der Waals surface area contributed by atoms with Gasteiger partial charge >= 0.3 is 12.2 Å². The van der Waals surface area contributed by atoms with E-state index in [1.54, 1.807) is 11.1 Å². The van der Waals surface area contributed by atoms with Crippen LogP contribution in [0.2, 0.25) is 0 Å². The van der Waals surface area contributed by atoms with Gasteiger partial charge in [0.15, 0.2) is 0 Å². The Morgan fingerprint density at radius 3 is 2.43 bits per heavy atom. The first kappa shape index (κ1) is 24.6. The minimum atomic E-state index is -4.67. The minimum Gasteiger partial charge on any atom is -0.353 e. The molecule has 0 aliphatic carbocycles. The molecule has 12 heteroatoms. The number of likely N-dealkylation sites (N-methyl/N-ethyl adjacent to an activating group) is 1. The maximum atomic E-state index is 13.7. The molecular weight excluding hydrogens is 489 g/mol. The summed E-state index contributed by atoms with van der Waals surface area (Å²) in [4.78, 5) is 49.6. The number of benzene rings is 1. The fourth-order valence-electron chi connectivity index (χ4n) is 4.98. The monoisotopic (exact) mass is 514 g/mol. The molecule has 4 heterocycles. The number of piperazine rings is 1. The highest BCUT2D eigenvalue weighted by Gasteiger charge is 2.46. The molecule has 194 valence electrons. The largest absolute Gasteiger partial charge is 0.416 e. The second kappa shape index (κ2) is 9.41. The molecule has 3 aliphatic heterocycles. The van der Waals surface area contributed by atoms with E-state index in [9.17, 15) is 27.6 Å². The van der Waals surface area contributed by atoms with E-state index in [4.69, 9.17) is 0 Å². The number of halogens is 3. The van der Waals surface area contributed by atoms with E-state index in [0.717, 1.165) is 11.9 Å². The Hall–Kier alpha value is -4.09. The molecule has 2 aromatic rings. The van der Waals surface area contributed by atoms with Crippen molar-refractivity contribution in [2.45, 2.75) is 12.2 Å². The molecule has 1 saturated heterocycles. The number of carbonyl (C=O) groups is 3. The summed E-state index contributed by atoms with van der Waals surface area (Å²) in [5.74, 6) is -0.000994. The average molecular weight is 515 g/mol. The van der Waals surface area contributed by atoms with Crippen LogP contribution in [0, 0.1) is 0 Å². The van der Waals surface area contributed by atoms with Crippen molar-refractivity contribution in [1.82, 2.24) is 25.0 Å². The van der Waals surface area contributed by atoms with E-state index in [1.165, 1.54) is 35.0 Å². The van der Waals surface area contributed by atoms with Gasteiger partial charge in [-0.25, -0.2) is 9.78 Å². The SMILES string of the molecule is CN1C(=O)NC(c2ccccc2C(F)(F)F)C2=C1CN(CC(=O)N1CCN(c3ccccn3)CC1)C2=O. The fourth-order valence-corrected chi connectivity index (χ4v) is 4.98. The molecule has 1 aromatic carbocycles. The van der Waals surface area contributed by atoms with E-state index in [0.29, 0.717) is 31.9 Å². The van der Waals surface area contributed by atoms with E-state index in [2.05, 4.69) is 15.2 Å². The van der Waals surface area contributed by atoms with Gasteiger partial charge in [-0.1, -0.05) is 24.3 Å². The normalized spacial score (nSPS) is 20.4. The third kappa shape index (κ3) is 4.58. The van der Waals surface area contributed by atoms with Gasteiger partial charge in [-0.05, 0) is 23.8 Å². The zero-order chi connectivity index (χ0) is 26.3. The first-order valence-corrected chi connectivity index (χ1v) is 11.8. The number of carbonyl (C=O) groups excluding carboxylic acids is 3. The molecule has 1 atom stereocenters. The molecule has 1 N–H and O–H groups in total. The highest BCUT2D eigenvalue weighted by molar-refractivity contribution is 6.03. The van der Waals surface area contributed by atoms with E-state index >= 15 is 0 Å².